The fraction of sp³-hybridized carbons (Fsp3) is 0.438. The minimum atomic E-state index is -4.31. The molecule has 6 heteroatoms. The smallest absolute Gasteiger partial charge is 0.173 e. The Kier molecular flexibility index (Phi) is 14.4. The molecule has 1 heterocycles. The lowest BCUT2D eigenvalue weighted by Gasteiger charge is -2.08. The van der Waals surface area contributed by atoms with E-state index in [0.717, 1.165) is 24.9 Å². The van der Waals surface area contributed by atoms with Crippen molar-refractivity contribution in [1.82, 2.24) is 0 Å². The standard InChI is InChI=1S/C18H30O3S.C14H13N2/c1-2-3-4-5-6-7-8-9-10-11-12-17-13-15-18(16-14-17)22(19,20)21;1-12-2-4-14(5-3-12)11-16-8-6-13(10-15)7-9-16/h13-16H,2-12H2,1H3,(H,19,20,21);2-9H,11H2,1H3/q;+1/p-1. The predicted octanol–water partition coefficient (Wildman–Crippen LogP) is 7.26. The maximum Gasteiger partial charge on any atom is 0.173 e. The predicted molar refractivity (Wildman–Crippen MR) is 152 cm³/mol. The van der Waals surface area contributed by atoms with E-state index in [1.165, 1.54) is 81.0 Å². The van der Waals surface area contributed by atoms with Crippen molar-refractivity contribution in [2.75, 3.05) is 0 Å². The molecule has 3 rings (SSSR count). The molecule has 5 nitrogen and oxygen atoms in total. The molecule has 2 aromatic carbocycles. The number of benzene rings is 2. The summed E-state index contributed by atoms with van der Waals surface area (Å²) in [6.45, 7) is 5.16. The van der Waals surface area contributed by atoms with Crippen molar-refractivity contribution in [3.63, 3.8) is 0 Å². The molecular formula is C32H42N2O3S. The third-order valence-electron chi connectivity index (χ3n) is 6.54. The number of pyridine rings is 1. The van der Waals surface area contributed by atoms with Crippen LogP contribution in [-0.2, 0) is 23.1 Å². The molecule has 0 aliphatic rings. The molecular weight excluding hydrogens is 492 g/mol. The maximum atomic E-state index is 10.8. The van der Waals surface area contributed by atoms with Gasteiger partial charge in [-0.15, -0.1) is 0 Å². The summed E-state index contributed by atoms with van der Waals surface area (Å²) in [5.41, 5.74) is 4.33. The first-order valence-corrected chi connectivity index (χ1v) is 15.2. The third kappa shape index (κ3) is 13.0. The van der Waals surface area contributed by atoms with Crippen LogP contribution in [0.15, 0.2) is 78.0 Å². The number of unbranched alkanes of at least 4 members (excludes halogenated alkanes) is 9. The van der Waals surface area contributed by atoms with Crippen molar-refractivity contribution in [3.8, 4) is 6.07 Å². The van der Waals surface area contributed by atoms with E-state index in [0.29, 0.717) is 5.56 Å². The summed E-state index contributed by atoms with van der Waals surface area (Å²) in [6.07, 6.45) is 17.9. The van der Waals surface area contributed by atoms with Crippen LogP contribution in [0.5, 0.6) is 0 Å². The highest BCUT2D eigenvalue weighted by molar-refractivity contribution is 7.85. The number of hydrogen-bond donors (Lipinski definition) is 0. The van der Waals surface area contributed by atoms with Gasteiger partial charge in [0.1, 0.15) is 10.1 Å². The normalized spacial score (nSPS) is 10.9. The average Bonchev–Trinajstić information content (AvgIpc) is 2.92. The highest BCUT2D eigenvalue weighted by Crippen LogP contribution is 2.14. The molecule has 3 aromatic rings. The van der Waals surface area contributed by atoms with Gasteiger partial charge < -0.3 is 4.55 Å². The monoisotopic (exact) mass is 534 g/mol. The largest absolute Gasteiger partial charge is 0.744 e. The van der Waals surface area contributed by atoms with Crippen molar-refractivity contribution >= 4 is 10.1 Å². The topological polar surface area (TPSA) is 84.9 Å². The van der Waals surface area contributed by atoms with E-state index in [9.17, 15) is 13.0 Å². The lowest BCUT2D eigenvalue weighted by Crippen LogP contribution is -2.33. The first kappa shape index (κ1) is 31.2. The molecule has 0 saturated carbocycles. The summed E-state index contributed by atoms with van der Waals surface area (Å²) >= 11 is 0. The van der Waals surface area contributed by atoms with Crippen LogP contribution in [0.1, 0.15) is 93.4 Å². The first-order valence-electron chi connectivity index (χ1n) is 13.8. The quantitative estimate of drug-likeness (QED) is 0.124. The van der Waals surface area contributed by atoms with Crippen LogP contribution in [0.25, 0.3) is 0 Å². The maximum absolute atomic E-state index is 10.8. The van der Waals surface area contributed by atoms with Gasteiger partial charge in [-0.2, -0.15) is 5.26 Å². The Labute approximate surface area is 229 Å². The molecule has 0 radical (unpaired) electrons. The van der Waals surface area contributed by atoms with E-state index in [4.69, 9.17) is 5.26 Å². The van der Waals surface area contributed by atoms with Gasteiger partial charge in [-0.25, -0.2) is 13.0 Å². The number of nitrogens with zero attached hydrogens (tertiary/aromatic N) is 2. The van der Waals surface area contributed by atoms with Gasteiger partial charge in [0.2, 0.25) is 0 Å². The van der Waals surface area contributed by atoms with Gasteiger partial charge in [0.15, 0.2) is 18.9 Å². The van der Waals surface area contributed by atoms with Gasteiger partial charge in [-0.05, 0) is 37.5 Å². The molecule has 0 aliphatic heterocycles. The fourth-order valence-electron chi connectivity index (χ4n) is 4.18. The average molecular weight is 535 g/mol. The summed E-state index contributed by atoms with van der Waals surface area (Å²) in [5, 5.41) is 8.69. The molecule has 0 N–H and O–H groups in total. The number of rotatable bonds is 14. The van der Waals surface area contributed by atoms with E-state index in [-0.39, 0.29) is 4.90 Å². The Balaban J connectivity index is 0.000000279. The summed E-state index contributed by atoms with van der Waals surface area (Å²) < 4.78 is 34.6. The van der Waals surface area contributed by atoms with E-state index in [1.807, 2.05) is 24.5 Å². The number of aryl methyl sites for hydroxylation is 2. The zero-order chi connectivity index (χ0) is 27.6. The molecule has 0 aliphatic carbocycles. The van der Waals surface area contributed by atoms with E-state index in [1.54, 1.807) is 12.1 Å². The van der Waals surface area contributed by atoms with Crippen LogP contribution < -0.4 is 4.57 Å². The lowest BCUT2D eigenvalue weighted by molar-refractivity contribution is -0.688. The Bertz CT molecular complexity index is 1200. The van der Waals surface area contributed by atoms with Crippen LogP contribution in [-0.4, -0.2) is 13.0 Å². The van der Waals surface area contributed by atoms with Crippen LogP contribution in [0.3, 0.4) is 0 Å². The second-order valence-electron chi connectivity index (χ2n) is 9.89. The van der Waals surface area contributed by atoms with Crippen molar-refractivity contribution in [3.05, 3.63) is 95.3 Å². The molecule has 0 unspecified atom stereocenters. The molecule has 38 heavy (non-hydrogen) atoms. The van der Waals surface area contributed by atoms with Crippen molar-refractivity contribution in [2.45, 2.75) is 95.9 Å². The molecule has 204 valence electrons. The Morgan fingerprint density at radius 3 is 1.74 bits per heavy atom. The Hall–Kier alpha value is -3.01. The van der Waals surface area contributed by atoms with E-state index in [2.05, 4.69) is 48.7 Å². The molecule has 0 atom stereocenters. The fourth-order valence-corrected chi connectivity index (χ4v) is 4.65. The molecule has 0 spiro atoms. The number of nitriles is 1. The summed E-state index contributed by atoms with van der Waals surface area (Å²) in [4.78, 5) is -0.140. The summed E-state index contributed by atoms with van der Waals surface area (Å²) in [6, 6.07) is 20.6. The van der Waals surface area contributed by atoms with Crippen molar-refractivity contribution in [2.24, 2.45) is 0 Å². The zero-order valence-electron chi connectivity index (χ0n) is 22.9. The van der Waals surface area contributed by atoms with Crippen LogP contribution in [0.4, 0.5) is 0 Å². The first-order chi connectivity index (χ1) is 18.3. The minimum absolute atomic E-state index is 0.140. The molecule has 0 fully saturated rings. The number of hydrogen-bond acceptors (Lipinski definition) is 4. The minimum Gasteiger partial charge on any atom is -0.744 e. The Morgan fingerprint density at radius 1 is 0.737 bits per heavy atom. The molecule has 1 aromatic heterocycles. The van der Waals surface area contributed by atoms with E-state index < -0.39 is 10.1 Å². The van der Waals surface area contributed by atoms with Gasteiger partial charge in [-0.3, -0.25) is 0 Å². The van der Waals surface area contributed by atoms with Crippen LogP contribution in [0.2, 0.25) is 0 Å². The van der Waals surface area contributed by atoms with Crippen LogP contribution in [0, 0.1) is 18.3 Å². The SMILES string of the molecule is CCCCCCCCCCCCc1ccc(S(=O)(=O)[O-])cc1.Cc1ccc(C[n+]2ccc(C#N)cc2)cc1. The lowest BCUT2D eigenvalue weighted by atomic mass is 10.0. The molecule has 0 bridgehead atoms. The number of aromatic nitrogens is 1. The molecule has 0 amide bonds. The van der Waals surface area contributed by atoms with Gasteiger partial charge in [-0.1, -0.05) is 107 Å². The summed E-state index contributed by atoms with van der Waals surface area (Å²) in [5.74, 6) is 0. The van der Waals surface area contributed by atoms with Crippen molar-refractivity contribution in [1.29, 1.82) is 5.26 Å². The Morgan fingerprint density at radius 2 is 1.24 bits per heavy atom. The third-order valence-corrected chi connectivity index (χ3v) is 7.39. The van der Waals surface area contributed by atoms with Gasteiger partial charge in [0.05, 0.1) is 16.5 Å². The highest BCUT2D eigenvalue weighted by atomic mass is 32.2. The second kappa shape index (κ2) is 17.5. The van der Waals surface area contributed by atoms with Crippen LogP contribution >= 0.6 is 0 Å². The van der Waals surface area contributed by atoms with Crippen molar-refractivity contribution < 1.29 is 17.5 Å². The van der Waals surface area contributed by atoms with E-state index >= 15 is 0 Å². The zero-order valence-corrected chi connectivity index (χ0v) is 23.8. The van der Waals surface area contributed by atoms with Gasteiger partial charge >= 0.3 is 0 Å². The van der Waals surface area contributed by atoms with Gasteiger partial charge in [0, 0.05) is 17.7 Å². The van der Waals surface area contributed by atoms with Gasteiger partial charge in [0.25, 0.3) is 0 Å². The molecule has 0 saturated heterocycles. The second-order valence-corrected chi connectivity index (χ2v) is 11.3. The summed E-state index contributed by atoms with van der Waals surface area (Å²) in [7, 11) is -4.31. The highest BCUT2D eigenvalue weighted by Gasteiger charge is 2.03.